The van der Waals surface area contributed by atoms with Crippen LogP contribution in [0, 0.1) is 11.2 Å². The Kier molecular flexibility index (Phi) is 8.85. The van der Waals surface area contributed by atoms with Gasteiger partial charge in [-0.1, -0.05) is 20.8 Å². The highest BCUT2D eigenvalue weighted by atomic mass is 19.1. The van der Waals surface area contributed by atoms with E-state index in [1.807, 2.05) is 0 Å². The number of aliphatic hydroxyl groups is 1. The molecule has 0 bridgehead atoms. The third kappa shape index (κ3) is 7.04. The number of hydrogen-bond acceptors (Lipinski definition) is 10. The zero-order chi connectivity index (χ0) is 28.9. The maximum atomic E-state index is 14.8. The van der Waals surface area contributed by atoms with Gasteiger partial charge in [0.15, 0.2) is 5.82 Å². The number of carbonyl (C=O) groups is 1. The minimum Gasteiger partial charge on any atom is -0.512 e. The second-order valence-corrected chi connectivity index (χ2v) is 10.4. The second-order valence-electron chi connectivity index (χ2n) is 10.4. The number of rotatable bonds is 8. The molecule has 2 aromatic heterocycles. The average Bonchev–Trinajstić information content (AvgIpc) is 2.92. The summed E-state index contributed by atoms with van der Waals surface area (Å²) in [6.07, 6.45) is 4.16. The Labute approximate surface area is 231 Å². The summed E-state index contributed by atoms with van der Waals surface area (Å²) < 4.78 is 20.0. The lowest BCUT2D eigenvalue weighted by Gasteiger charge is -2.34. The summed E-state index contributed by atoms with van der Waals surface area (Å²) in [5.74, 6) is -0.698. The van der Waals surface area contributed by atoms with Gasteiger partial charge in [0.25, 0.3) is 5.91 Å². The highest BCUT2D eigenvalue weighted by Gasteiger charge is 2.21. The molecule has 0 aliphatic carbocycles. The van der Waals surface area contributed by atoms with Crippen molar-refractivity contribution in [2.24, 2.45) is 16.1 Å². The number of halogens is 1. The molecule has 1 aliphatic rings. The number of nitrogens with one attached hydrogen (secondary N) is 1. The summed E-state index contributed by atoms with van der Waals surface area (Å²) in [6.45, 7) is 10.1. The zero-order valence-corrected chi connectivity index (χ0v) is 23.1. The fourth-order valence-electron chi connectivity index (χ4n) is 3.93. The van der Waals surface area contributed by atoms with Gasteiger partial charge in [-0.05, 0) is 18.2 Å². The third-order valence-electron chi connectivity index (χ3n) is 6.38. The summed E-state index contributed by atoms with van der Waals surface area (Å²) in [5.41, 5.74) is 6.26. The van der Waals surface area contributed by atoms with E-state index in [0.29, 0.717) is 23.6 Å². The molecule has 0 radical (unpaired) electrons. The average molecular weight is 552 g/mol. The molecular formula is C27H34FN9O3. The van der Waals surface area contributed by atoms with Crippen LogP contribution in [0.15, 0.2) is 47.6 Å². The lowest BCUT2D eigenvalue weighted by Crippen LogP contribution is -2.47. The number of aliphatic imine (C=N–C) groups is 1. The van der Waals surface area contributed by atoms with Crippen molar-refractivity contribution in [3.63, 3.8) is 0 Å². The number of carbonyl (C=O) groups excluding carboxylic acids is 1. The van der Waals surface area contributed by atoms with E-state index in [4.69, 9.17) is 10.5 Å². The zero-order valence-electron chi connectivity index (χ0n) is 23.1. The summed E-state index contributed by atoms with van der Waals surface area (Å²) in [5, 5.41) is 13.0. The highest BCUT2D eigenvalue weighted by Crippen LogP contribution is 2.26. The van der Waals surface area contributed by atoms with E-state index < -0.39 is 17.1 Å². The molecule has 4 N–H and O–H groups in total. The molecule has 3 aromatic rings. The van der Waals surface area contributed by atoms with E-state index >= 15 is 0 Å². The summed E-state index contributed by atoms with van der Waals surface area (Å²) in [6, 6.07) is 3.77. The Morgan fingerprint density at radius 2 is 1.98 bits per heavy atom. The van der Waals surface area contributed by atoms with Crippen molar-refractivity contribution in [2.45, 2.75) is 20.8 Å². The molecule has 1 aliphatic heterocycles. The Bertz CT molecular complexity index is 1430. The first-order valence-corrected chi connectivity index (χ1v) is 12.9. The number of amidine groups is 1. The van der Waals surface area contributed by atoms with Gasteiger partial charge >= 0.3 is 0 Å². The number of hydrogen-bond donors (Lipinski definition) is 3. The van der Waals surface area contributed by atoms with Crippen molar-refractivity contribution >= 4 is 40.2 Å². The Hall–Kier alpha value is -4.23. The van der Waals surface area contributed by atoms with Crippen molar-refractivity contribution in [3.8, 4) is 0 Å². The maximum absolute atomic E-state index is 14.8. The summed E-state index contributed by atoms with van der Waals surface area (Å²) in [4.78, 5) is 38.6. The van der Waals surface area contributed by atoms with Gasteiger partial charge in [0.2, 0.25) is 5.95 Å². The van der Waals surface area contributed by atoms with Crippen LogP contribution in [0.1, 0.15) is 31.1 Å². The molecule has 13 heteroatoms. The Morgan fingerprint density at radius 1 is 1.23 bits per heavy atom. The predicted molar refractivity (Wildman–Crippen MR) is 151 cm³/mol. The fourth-order valence-corrected chi connectivity index (χ4v) is 3.93. The van der Waals surface area contributed by atoms with Gasteiger partial charge in [-0.2, -0.15) is 4.99 Å². The molecule has 40 heavy (non-hydrogen) atoms. The lowest BCUT2D eigenvalue weighted by molar-refractivity contribution is 0.100. The molecule has 0 unspecified atom stereocenters. The van der Waals surface area contributed by atoms with Crippen LogP contribution in [0.3, 0.4) is 0 Å². The number of amides is 1. The van der Waals surface area contributed by atoms with Crippen molar-refractivity contribution in [1.29, 1.82) is 0 Å². The first kappa shape index (κ1) is 28.8. The van der Waals surface area contributed by atoms with Gasteiger partial charge in [-0.15, -0.1) is 0 Å². The van der Waals surface area contributed by atoms with E-state index in [9.17, 15) is 14.3 Å². The molecule has 1 fully saturated rings. The van der Waals surface area contributed by atoms with Crippen molar-refractivity contribution in [1.82, 2.24) is 24.8 Å². The monoisotopic (exact) mass is 551 g/mol. The normalized spacial score (nSPS) is 15.5. The molecule has 4 rings (SSSR count). The molecule has 12 nitrogen and oxygen atoms in total. The standard InChI is InChI=1S/C27H34FN9O3/c1-27(2,3)21(38)14-22(29)34-25(39)17-5-6-18(28)19(13-17)33-24-23-20(31-16-32-24)15-30-26(35-23)37-9-7-36(8-10-37)11-12-40-4/h5-6,13-16,38H,7-12H2,1-4H3,(H2,29,34,39)(H,31,32,33)/b21-14-. The number of nitrogens with two attached hydrogens (primary N) is 1. The molecule has 0 saturated carbocycles. The van der Waals surface area contributed by atoms with E-state index in [-0.39, 0.29) is 28.7 Å². The number of piperazine rings is 1. The number of anilines is 3. The minimum absolute atomic E-state index is 0.000350. The number of aromatic nitrogens is 4. The van der Waals surface area contributed by atoms with Gasteiger partial charge in [-0.3, -0.25) is 9.69 Å². The van der Waals surface area contributed by atoms with Crippen LogP contribution in [0.2, 0.25) is 0 Å². The maximum Gasteiger partial charge on any atom is 0.279 e. The van der Waals surface area contributed by atoms with E-state index in [1.54, 1.807) is 34.1 Å². The molecule has 1 aromatic carbocycles. The van der Waals surface area contributed by atoms with Gasteiger partial charge < -0.3 is 25.8 Å². The number of benzene rings is 1. The Balaban J connectivity index is 1.56. The minimum atomic E-state index is -0.694. The molecule has 0 spiro atoms. The van der Waals surface area contributed by atoms with Crippen LogP contribution in [0.25, 0.3) is 11.0 Å². The second kappa shape index (κ2) is 12.3. The number of ether oxygens (including phenoxy) is 1. The topological polar surface area (TPSA) is 155 Å². The smallest absolute Gasteiger partial charge is 0.279 e. The SMILES string of the molecule is COCCN1CCN(c2ncc3ncnc(Nc4cc(C(=O)N=C(N)/C=C(\O)C(C)(C)C)ccc4F)c3n2)CC1. The van der Waals surface area contributed by atoms with Crippen molar-refractivity contribution in [2.75, 3.05) is 56.7 Å². The van der Waals surface area contributed by atoms with E-state index in [0.717, 1.165) is 38.8 Å². The van der Waals surface area contributed by atoms with Crippen LogP contribution in [0.5, 0.6) is 0 Å². The lowest BCUT2D eigenvalue weighted by atomic mass is 9.93. The largest absolute Gasteiger partial charge is 0.512 e. The number of aliphatic hydroxyl groups excluding tert-OH is 1. The quantitative estimate of drug-likeness (QED) is 0.215. The van der Waals surface area contributed by atoms with Crippen LogP contribution >= 0.6 is 0 Å². The van der Waals surface area contributed by atoms with Gasteiger partial charge in [-0.25, -0.2) is 24.3 Å². The molecular weight excluding hydrogens is 517 g/mol. The number of methoxy groups -OCH3 is 1. The van der Waals surface area contributed by atoms with Gasteiger partial charge in [0, 0.05) is 56.9 Å². The predicted octanol–water partition coefficient (Wildman–Crippen LogP) is 3.06. The van der Waals surface area contributed by atoms with Gasteiger partial charge in [0.05, 0.1) is 18.5 Å². The highest BCUT2D eigenvalue weighted by molar-refractivity contribution is 6.06. The van der Waals surface area contributed by atoms with Crippen LogP contribution < -0.4 is 16.0 Å². The van der Waals surface area contributed by atoms with E-state index in [2.05, 4.69) is 40.0 Å². The number of nitrogens with zero attached hydrogens (tertiary/aromatic N) is 7. The molecule has 3 heterocycles. The molecule has 212 valence electrons. The van der Waals surface area contributed by atoms with Crippen molar-refractivity contribution < 1.29 is 19.0 Å². The summed E-state index contributed by atoms with van der Waals surface area (Å²) in [7, 11) is 1.69. The first-order chi connectivity index (χ1) is 19.0. The summed E-state index contributed by atoms with van der Waals surface area (Å²) >= 11 is 0. The van der Waals surface area contributed by atoms with Gasteiger partial charge in [0.1, 0.15) is 34.8 Å². The van der Waals surface area contributed by atoms with Crippen LogP contribution in [0.4, 0.5) is 21.8 Å². The molecule has 1 amide bonds. The first-order valence-electron chi connectivity index (χ1n) is 12.9. The van der Waals surface area contributed by atoms with Crippen LogP contribution in [-0.2, 0) is 4.74 Å². The number of fused-ring (bicyclic) bond motifs is 1. The van der Waals surface area contributed by atoms with Crippen molar-refractivity contribution in [3.05, 3.63) is 53.9 Å². The molecule has 0 atom stereocenters. The number of allylic oxidation sites excluding steroid dienone is 1. The molecule has 1 saturated heterocycles. The Morgan fingerprint density at radius 3 is 2.67 bits per heavy atom. The third-order valence-corrected chi connectivity index (χ3v) is 6.38. The fraction of sp³-hybridized carbons (Fsp3) is 0.407. The van der Waals surface area contributed by atoms with E-state index in [1.165, 1.54) is 24.5 Å². The van der Waals surface area contributed by atoms with Crippen LogP contribution in [-0.4, -0.2) is 88.1 Å².